The molecule has 0 aliphatic heterocycles. The summed E-state index contributed by atoms with van der Waals surface area (Å²) in [6.45, 7) is 16.2. The zero-order valence-electron chi connectivity index (χ0n) is 21.9. The van der Waals surface area contributed by atoms with Gasteiger partial charge in [-0.05, 0) is 119 Å². The first kappa shape index (κ1) is 24.1. The van der Waals surface area contributed by atoms with E-state index in [0.717, 1.165) is 42.4 Å². The molecule has 0 aromatic rings. The van der Waals surface area contributed by atoms with Crippen LogP contribution in [0.4, 0.5) is 0 Å². The van der Waals surface area contributed by atoms with Gasteiger partial charge in [-0.25, -0.2) is 0 Å². The molecule has 2 heteroatoms. The van der Waals surface area contributed by atoms with Crippen LogP contribution in [0.3, 0.4) is 0 Å². The lowest BCUT2D eigenvalue weighted by atomic mass is 9.47. The van der Waals surface area contributed by atoms with Crippen molar-refractivity contribution in [2.24, 2.45) is 40.4 Å². The van der Waals surface area contributed by atoms with Crippen molar-refractivity contribution in [3.8, 4) is 0 Å². The minimum Gasteiger partial charge on any atom is -0.462 e. The van der Waals surface area contributed by atoms with E-state index in [4.69, 9.17) is 4.74 Å². The van der Waals surface area contributed by atoms with Gasteiger partial charge in [-0.15, -0.1) is 0 Å². The van der Waals surface area contributed by atoms with Gasteiger partial charge in [0.25, 0.3) is 0 Å². The molecule has 3 saturated carbocycles. The van der Waals surface area contributed by atoms with Gasteiger partial charge in [-0.1, -0.05) is 43.6 Å². The predicted molar refractivity (Wildman–Crippen MR) is 133 cm³/mol. The predicted octanol–water partition coefficient (Wildman–Crippen LogP) is 8.27. The molecule has 4 aliphatic carbocycles. The molecule has 0 unspecified atom stereocenters. The van der Waals surface area contributed by atoms with E-state index < -0.39 is 0 Å². The molecule has 0 aromatic carbocycles. The van der Waals surface area contributed by atoms with Crippen LogP contribution < -0.4 is 0 Å². The minimum atomic E-state index is -0.118. The van der Waals surface area contributed by atoms with Gasteiger partial charge < -0.3 is 4.74 Å². The Labute approximate surface area is 197 Å². The number of rotatable bonds is 5. The second-order valence-electron chi connectivity index (χ2n) is 12.8. The highest BCUT2D eigenvalue weighted by molar-refractivity contribution is 5.66. The van der Waals surface area contributed by atoms with Crippen LogP contribution in [0.2, 0.25) is 0 Å². The quantitative estimate of drug-likeness (QED) is 0.317. The summed E-state index contributed by atoms with van der Waals surface area (Å²) >= 11 is 0. The van der Waals surface area contributed by atoms with Crippen LogP contribution in [0.5, 0.6) is 0 Å². The number of fused-ring (bicyclic) bond motifs is 5. The van der Waals surface area contributed by atoms with Crippen LogP contribution in [0.15, 0.2) is 22.8 Å². The van der Waals surface area contributed by atoms with Crippen molar-refractivity contribution >= 4 is 5.97 Å². The third kappa shape index (κ3) is 4.14. The SMILES string of the molecule is CC(=O)O[C@H]1CC[C@@]2(C)C(=CC[C@H]3[C@@H]4CC[C@H]([C@H](C)CCC(C)=C(C)C)[C@@]4(C)CC[C@@H]32)C1. The van der Waals surface area contributed by atoms with Crippen molar-refractivity contribution in [2.45, 2.75) is 119 Å². The van der Waals surface area contributed by atoms with Crippen molar-refractivity contribution in [1.29, 1.82) is 0 Å². The highest BCUT2D eigenvalue weighted by Gasteiger charge is 2.59. The summed E-state index contributed by atoms with van der Waals surface area (Å²) in [5.41, 5.74) is 5.60. The molecular weight excluding hydrogens is 392 g/mol. The summed E-state index contributed by atoms with van der Waals surface area (Å²) in [6, 6.07) is 0. The van der Waals surface area contributed by atoms with Crippen molar-refractivity contribution in [3.63, 3.8) is 0 Å². The standard InChI is InChI=1S/C30H48O2/c1-19(2)20(3)8-9-21(4)26-12-13-27-25-11-10-23-18-24(32-22(5)31)14-16-29(23,6)28(25)15-17-30(26,27)7/h10,21,24-28H,8-9,11-18H2,1-7H3/t21-,24+,25+,26-,27+,28+,29+,30-/m1/s1. The molecule has 4 rings (SSSR count). The lowest BCUT2D eigenvalue weighted by Crippen LogP contribution is -2.51. The number of hydrogen-bond donors (Lipinski definition) is 0. The normalized spacial score (nSPS) is 41.6. The summed E-state index contributed by atoms with van der Waals surface area (Å²) in [4.78, 5) is 11.5. The van der Waals surface area contributed by atoms with E-state index in [9.17, 15) is 4.79 Å². The van der Waals surface area contributed by atoms with E-state index in [0.29, 0.717) is 10.8 Å². The van der Waals surface area contributed by atoms with E-state index in [2.05, 4.69) is 47.6 Å². The summed E-state index contributed by atoms with van der Waals surface area (Å²) in [6.07, 6.45) is 15.5. The average molecular weight is 441 g/mol. The number of hydrogen-bond acceptors (Lipinski definition) is 2. The maximum Gasteiger partial charge on any atom is 0.302 e. The molecule has 0 heterocycles. The van der Waals surface area contributed by atoms with E-state index >= 15 is 0 Å². The number of carbonyl (C=O) groups is 1. The fraction of sp³-hybridized carbons (Fsp3) is 0.833. The monoisotopic (exact) mass is 440 g/mol. The maximum atomic E-state index is 11.5. The molecule has 4 aliphatic rings. The van der Waals surface area contributed by atoms with Gasteiger partial charge in [0, 0.05) is 13.3 Å². The van der Waals surface area contributed by atoms with Crippen molar-refractivity contribution in [1.82, 2.24) is 0 Å². The Bertz CT molecular complexity index is 787. The van der Waals surface area contributed by atoms with Crippen LogP contribution in [0.25, 0.3) is 0 Å². The fourth-order valence-corrected chi connectivity index (χ4v) is 8.83. The summed E-state index contributed by atoms with van der Waals surface area (Å²) in [5, 5.41) is 0. The van der Waals surface area contributed by atoms with E-state index in [1.807, 2.05) is 0 Å². The first-order valence-electron chi connectivity index (χ1n) is 13.6. The van der Waals surface area contributed by atoms with Crippen LogP contribution >= 0.6 is 0 Å². The molecule has 0 aromatic heterocycles. The number of carbonyl (C=O) groups excluding carboxylic acids is 1. The fourth-order valence-electron chi connectivity index (χ4n) is 8.83. The van der Waals surface area contributed by atoms with Gasteiger partial charge in [0.15, 0.2) is 0 Å². The molecule has 0 radical (unpaired) electrons. The molecule has 180 valence electrons. The molecule has 8 atom stereocenters. The van der Waals surface area contributed by atoms with E-state index in [-0.39, 0.29) is 12.1 Å². The Morgan fingerprint density at radius 2 is 1.81 bits per heavy atom. The molecule has 0 N–H and O–H groups in total. The van der Waals surface area contributed by atoms with Crippen molar-refractivity contribution in [3.05, 3.63) is 22.8 Å². The van der Waals surface area contributed by atoms with Gasteiger partial charge >= 0.3 is 5.97 Å². The van der Waals surface area contributed by atoms with E-state index in [1.54, 1.807) is 18.1 Å². The highest BCUT2D eigenvalue weighted by Crippen LogP contribution is 2.67. The molecule has 0 amide bonds. The Morgan fingerprint density at radius 1 is 1.06 bits per heavy atom. The Hall–Kier alpha value is -1.05. The second-order valence-corrected chi connectivity index (χ2v) is 12.8. The third-order valence-corrected chi connectivity index (χ3v) is 11.0. The summed E-state index contributed by atoms with van der Waals surface area (Å²) in [7, 11) is 0. The molecule has 2 nitrogen and oxygen atoms in total. The number of allylic oxidation sites excluding steroid dienone is 3. The van der Waals surface area contributed by atoms with Crippen LogP contribution in [0, 0.1) is 40.4 Å². The molecular formula is C30H48O2. The lowest BCUT2D eigenvalue weighted by molar-refractivity contribution is -0.148. The Morgan fingerprint density at radius 3 is 2.50 bits per heavy atom. The topological polar surface area (TPSA) is 26.3 Å². The molecule has 0 bridgehead atoms. The van der Waals surface area contributed by atoms with Gasteiger partial charge in [-0.3, -0.25) is 4.79 Å². The molecule has 32 heavy (non-hydrogen) atoms. The zero-order chi connectivity index (χ0) is 23.3. The van der Waals surface area contributed by atoms with Crippen LogP contribution in [-0.2, 0) is 9.53 Å². The lowest BCUT2D eigenvalue weighted by Gasteiger charge is -2.58. The molecule has 3 fully saturated rings. The Balaban J connectivity index is 1.48. The second kappa shape index (κ2) is 8.95. The maximum absolute atomic E-state index is 11.5. The van der Waals surface area contributed by atoms with Gasteiger partial charge in [-0.2, -0.15) is 0 Å². The van der Waals surface area contributed by atoms with Crippen LogP contribution in [0.1, 0.15) is 113 Å². The minimum absolute atomic E-state index is 0.109. The van der Waals surface area contributed by atoms with E-state index in [1.165, 1.54) is 56.9 Å². The first-order valence-corrected chi connectivity index (χ1v) is 13.6. The van der Waals surface area contributed by atoms with Gasteiger partial charge in [0.1, 0.15) is 6.10 Å². The van der Waals surface area contributed by atoms with Crippen molar-refractivity contribution < 1.29 is 9.53 Å². The zero-order valence-corrected chi connectivity index (χ0v) is 21.9. The van der Waals surface area contributed by atoms with Gasteiger partial charge in [0.2, 0.25) is 0 Å². The average Bonchev–Trinajstić information content (AvgIpc) is 3.08. The number of esters is 1. The number of ether oxygens (including phenoxy) is 1. The smallest absolute Gasteiger partial charge is 0.302 e. The summed E-state index contributed by atoms with van der Waals surface area (Å²) < 4.78 is 5.62. The van der Waals surface area contributed by atoms with Crippen LogP contribution in [-0.4, -0.2) is 12.1 Å². The Kier molecular flexibility index (Phi) is 6.74. The first-order chi connectivity index (χ1) is 15.1. The summed E-state index contributed by atoms with van der Waals surface area (Å²) in [5.74, 6) is 4.22. The largest absolute Gasteiger partial charge is 0.462 e. The van der Waals surface area contributed by atoms with Gasteiger partial charge in [0.05, 0.1) is 0 Å². The highest BCUT2D eigenvalue weighted by atomic mass is 16.5. The third-order valence-electron chi connectivity index (χ3n) is 11.0. The van der Waals surface area contributed by atoms with Crippen molar-refractivity contribution in [2.75, 3.05) is 0 Å². The molecule has 0 spiro atoms. The molecule has 0 saturated heterocycles.